The van der Waals surface area contributed by atoms with Crippen molar-refractivity contribution in [3.05, 3.63) is 35.4 Å². The van der Waals surface area contributed by atoms with Crippen LogP contribution in [-0.2, 0) is 10.2 Å². The lowest BCUT2D eigenvalue weighted by Gasteiger charge is -2.21. The Hall–Kier alpha value is -0.820. The van der Waals surface area contributed by atoms with Crippen molar-refractivity contribution in [1.82, 2.24) is 0 Å². The fourth-order valence-corrected chi connectivity index (χ4v) is 3.23. The van der Waals surface area contributed by atoms with Gasteiger partial charge in [0.15, 0.2) is 0 Å². The topological polar surface area (TPSA) is 17.1 Å². The van der Waals surface area contributed by atoms with Crippen molar-refractivity contribution in [2.75, 3.05) is 0 Å². The molecule has 1 nitrogen and oxygen atoms in total. The number of alkyl halides is 1. The van der Waals surface area contributed by atoms with Crippen molar-refractivity contribution in [3.8, 4) is 0 Å². The molecule has 0 amide bonds. The van der Waals surface area contributed by atoms with Gasteiger partial charge in [0.2, 0.25) is 0 Å². The molecule has 2 rings (SSSR count). The smallest absolute Gasteiger partial charge is 0.143 e. The van der Waals surface area contributed by atoms with E-state index in [1.165, 1.54) is 5.56 Å². The summed E-state index contributed by atoms with van der Waals surface area (Å²) < 4.78 is 0. The highest BCUT2D eigenvalue weighted by molar-refractivity contribution is 6.20. The van der Waals surface area contributed by atoms with Gasteiger partial charge in [0.05, 0.1) is 0 Å². The molecule has 0 spiro atoms. The average molecular weight is 293 g/mol. The van der Waals surface area contributed by atoms with Crippen molar-refractivity contribution in [3.63, 3.8) is 0 Å². The first-order valence-electron chi connectivity index (χ1n) is 7.57. The number of ketones is 1. The summed E-state index contributed by atoms with van der Waals surface area (Å²) in [5.41, 5.74) is 2.58. The number of hydrogen-bond donors (Lipinski definition) is 0. The third kappa shape index (κ3) is 3.44. The summed E-state index contributed by atoms with van der Waals surface area (Å²) in [6.07, 6.45) is 2.65. The molecule has 0 bridgehead atoms. The van der Waals surface area contributed by atoms with Gasteiger partial charge in [-0.15, -0.1) is 11.6 Å². The predicted molar refractivity (Wildman–Crippen MR) is 85.5 cm³/mol. The van der Waals surface area contributed by atoms with Crippen LogP contribution in [0.15, 0.2) is 24.3 Å². The number of hydrogen-bond acceptors (Lipinski definition) is 1. The minimum Gasteiger partial charge on any atom is -0.299 e. The fourth-order valence-electron chi connectivity index (χ4n) is 2.92. The van der Waals surface area contributed by atoms with Crippen LogP contribution < -0.4 is 0 Å². The van der Waals surface area contributed by atoms with Crippen LogP contribution in [0.25, 0.3) is 0 Å². The van der Waals surface area contributed by atoms with Gasteiger partial charge in [-0.1, -0.05) is 52.0 Å². The number of carbonyl (C=O) groups is 1. The summed E-state index contributed by atoms with van der Waals surface area (Å²) in [4.78, 5) is 12.5. The Kier molecular flexibility index (Phi) is 4.59. The SMILES string of the molecule is C[C@H]1CC[C@@H](Cl)C[C@@H](c2ccc(C(C)(C)C)cc2)C1=O. The molecular formula is C18H25ClO. The van der Waals surface area contributed by atoms with Gasteiger partial charge in [-0.25, -0.2) is 0 Å². The van der Waals surface area contributed by atoms with Crippen LogP contribution in [0.5, 0.6) is 0 Å². The van der Waals surface area contributed by atoms with Crippen molar-refractivity contribution < 1.29 is 4.79 Å². The molecule has 0 saturated heterocycles. The van der Waals surface area contributed by atoms with Crippen LogP contribution in [0.3, 0.4) is 0 Å². The zero-order chi connectivity index (χ0) is 14.9. The first kappa shape index (κ1) is 15.6. The summed E-state index contributed by atoms with van der Waals surface area (Å²) in [5, 5.41) is 0.121. The average Bonchev–Trinajstić information content (AvgIpc) is 2.51. The first-order valence-corrected chi connectivity index (χ1v) is 8.01. The number of Topliss-reactive ketones (excluding diaryl/α,β-unsaturated/α-hetero) is 1. The molecule has 0 radical (unpaired) electrons. The largest absolute Gasteiger partial charge is 0.299 e. The Labute approximate surface area is 127 Å². The molecular weight excluding hydrogens is 268 g/mol. The molecule has 1 fully saturated rings. The maximum absolute atomic E-state index is 12.5. The Morgan fingerprint density at radius 1 is 1.10 bits per heavy atom. The second kappa shape index (κ2) is 5.89. The number of halogens is 1. The lowest BCUT2D eigenvalue weighted by atomic mass is 9.83. The Morgan fingerprint density at radius 3 is 2.25 bits per heavy atom. The molecule has 1 saturated carbocycles. The highest BCUT2D eigenvalue weighted by Gasteiger charge is 2.31. The van der Waals surface area contributed by atoms with E-state index in [1.807, 2.05) is 6.92 Å². The molecule has 1 aromatic rings. The van der Waals surface area contributed by atoms with Crippen molar-refractivity contribution in [2.45, 2.75) is 63.7 Å². The molecule has 1 aliphatic carbocycles. The summed E-state index contributed by atoms with van der Waals surface area (Å²) in [6.45, 7) is 8.65. The summed E-state index contributed by atoms with van der Waals surface area (Å²) in [7, 11) is 0. The van der Waals surface area contributed by atoms with E-state index < -0.39 is 0 Å². The molecule has 0 aliphatic heterocycles. The third-order valence-corrected chi connectivity index (χ3v) is 4.81. The van der Waals surface area contributed by atoms with E-state index in [1.54, 1.807) is 0 Å². The molecule has 1 aliphatic rings. The Balaban J connectivity index is 2.27. The minimum absolute atomic E-state index is 0.0241. The van der Waals surface area contributed by atoms with Crippen LogP contribution >= 0.6 is 11.6 Å². The van der Waals surface area contributed by atoms with Gasteiger partial charge in [0, 0.05) is 17.2 Å². The van der Waals surface area contributed by atoms with Gasteiger partial charge in [0.1, 0.15) is 5.78 Å². The molecule has 2 heteroatoms. The minimum atomic E-state index is -0.0241. The van der Waals surface area contributed by atoms with Gasteiger partial charge in [-0.2, -0.15) is 0 Å². The van der Waals surface area contributed by atoms with E-state index in [0.29, 0.717) is 5.78 Å². The van der Waals surface area contributed by atoms with E-state index in [2.05, 4.69) is 45.0 Å². The van der Waals surface area contributed by atoms with E-state index in [9.17, 15) is 4.79 Å². The number of rotatable bonds is 1. The maximum atomic E-state index is 12.5. The van der Waals surface area contributed by atoms with Crippen LogP contribution in [-0.4, -0.2) is 11.2 Å². The molecule has 3 atom stereocenters. The van der Waals surface area contributed by atoms with E-state index >= 15 is 0 Å². The second-order valence-corrected chi connectivity index (χ2v) is 7.76. The van der Waals surface area contributed by atoms with Gasteiger partial charge < -0.3 is 0 Å². The van der Waals surface area contributed by atoms with Crippen molar-refractivity contribution in [2.24, 2.45) is 5.92 Å². The molecule has 0 N–H and O–H groups in total. The fraction of sp³-hybridized carbons (Fsp3) is 0.611. The van der Waals surface area contributed by atoms with Gasteiger partial charge >= 0.3 is 0 Å². The van der Waals surface area contributed by atoms with Gasteiger partial charge in [-0.3, -0.25) is 4.79 Å². The lowest BCUT2D eigenvalue weighted by Crippen LogP contribution is -2.19. The van der Waals surface area contributed by atoms with Crippen molar-refractivity contribution in [1.29, 1.82) is 0 Å². The second-order valence-electron chi connectivity index (χ2n) is 7.14. The highest BCUT2D eigenvalue weighted by atomic mass is 35.5. The summed E-state index contributed by atoms with van der Waals surface area (Å²) >= 11 is 6.35. The van der Waals surface area contributed by atoms with E-state index in [-0.39, 0.29) is 22.6 Å². The quantitative estimate of drug-likeness (QED) is 0.522. The monoisotopic (exact) mass is 292 g/mol. The first-order chi connectivity index (χ1) is 9.29. The van der Waals surface area contributed by atoms with Gasteiger partial charge in [-0.05, 0) is 35.8 Å². The summed E-state index contributed by atoms with van der Waals surface area (Å²) in [5.74, 6) is 0.465. The molecule has 0 heterocycles. The zero-order valence-electron chi connectivity index (χ0n) is 12.9. The van der Waals surface area contributed by atoms with E-state index in [0.717, 1.165) is 24.8 Å². The van der Waals surface area contributed by atoms with Crippen molar-refractivity contribution >= 4 is 17.4 Å². The Bertz CT molecular complexity index is 469. The highest BCUT2D eigenvalue weighted by Crippen LogP contribution is 2.35. The molecule has 20 heavy (non-hydrogen) atoms. The van der Waals surface area contributed by atoms with Crippen LogP contribution in [0, 0.1) is 5.92 Å². The number of carbonyl (C=O) groups excluding carboxylic acids is 1. The third-order valence-electron chi connectivity index (χ3n) is 4.41. The van der Waals surface area contributed by atoms with Crippen LogP contribution in [0.2, 0.25) is 0 Å². The normalized spacial score (nSPS) is 28.2. The van der Waals surface area contributed by atoms with Crippen LogP contribution in [0.1, 0.15) is 64.0 Å². The summed E-state index contributed by atoms with van der Waals surface area (Å²) in [6, 6.07) is 8.54. The molecule has 1 aromatic carbocycles. The number of benzene rings is 1. The molecule has 0 aromatic heterocycles. The Morgan fingerprint density at radius 2 is 1.70 bits per heavy atom. The van der Waals surface area contributed by atoms with Gasteiger partial charge in [0.25, 0.3) is 0 Å². The zero-order valence-corrected chi connectivity index (χ0v) is 13.7. The predicted octanol–water partition coefficient (Wildman–Crippen LogP) is 5.06. The van der Waals surface area contributed by atoms with Crippen LogP contribution in [0.4, 0.5) is 0 Å². The molecule has 0 unspecified atom stereocenters. The standard InChI is InChI=1S/C18H25ClO/c1-12-5-10-15(19)11-16(17(12)20)13-6-8-14(9-7-13)18(2,3)4/h6-9,12,15-16H,5,10-11H2,1-4H3/t12-,15+,16-/m0/s1. The van der Waals surface area contributed by atoms with E-state index in [4.69, 9.17) is 11.6 Å². The maximum Gasteiger partial charge on any atom is 0.143 e. The molecule has 110 valence electrons. The lowest BCUT2D eigenvalue weighted by molar-refractivity contribution is -0.123.